The van der Waals surface area contributed by atoms with Crippen molar-refractivity contribution in [3.63, 3.8) is 0 Å². The Morgan fingerprint density at radius 2 is 2.22 bits per heavy atom. The molecule has 0 radical (unpaired) electrons. The Hall–Kier alpha value is -0.830. The first-order chi connectivity index (χ1) is 8.15. The molecule has 0 saturated carbocycles. The van der Waals surface area contributed by atoms with Gasteiger partial charge in [0.2, 0.25) is 5.89 Å². The molecular formula is C9H17ClF2N4O2. The summed E-state index contributed by atoms with van der Waals surface area (Å²) in [5, 5.41) is 3.65. The lowest BCUT2D eigenvalue weighted by atomic mass is 10.4. The molecule has 106 valence electrons. The van der Waals surface area contributed by atoms with Crippen molar-refractivity contribution in [3.8, 4) is 0 Å². The second-order valence-electron chi connectivity index (χ2n) is 3.43. The molecule has 0 atom stereocenters. The number of ether oxygens (including phenoxy) is 1. The summed E-state index contributed by atoms with van der Waals surface area (Å²) in [5.74, 6) is 0.644. The molecule has 0 aliphatic heterocycles. The molecule has 6 nitrogen and oxygen atoms in total. The highest BCUT2D eigenvalue weighted by Crippen LogP contribution is 2.04. The maximum absolute atomic E-state index is 12.3. The molecule has 1 aromatic rings. The topological polar surface area (TPSA) is 77.4 Å². The van der Waals surface area contributed by atoms with Gasteiger partial charge in [-0.2, -0.15) is 4.98 Å². The van der Waals surface area contributed by atoms with Gasteiger partial charge in [0.15, 0.2) is 5.82 Å². The van der Waals surface area contributed by atoms with Gasteiger partial charge in [-0.25, -0.2) is 8.78 Å². The zero-order valence-corrected chi connectivity index (χ0v) is 10.8. The van der Waals surface area contributed by atoms with Gasteiger partial charge in [-0.15, -0.1) is 12.4 Å². The molecule has 0 aliphatic carbocycles. The molecule has 0 bridgehead atoms. The normalized spacial score (nSPS) is 11.0. The number of halogens is 3. The minimum Gasteiger partial charge on any atom is -0.383 e. The summed E-state index contributed by atoms with van der Waals surface area (Å²) in [5.41, 5.74) is 5.31. The van der Waals surface area contributed by atoms with Gasteiger partial charge in [-0.05, 0) is 0 Å². The molecule has 0 amide bonds. The van der Waals surface area contributed by atoms with Crippen molar-refractivity contribution in [2.75, 3.05) is 26.8 Å². The van der Waals surface area contributed by atoms with Crippen LogP contribution >= 0.6 is 12.4 Å². The van der Waals surface area contributed by atoms with Gasteiger partial charge in [-0.1, -0.05) is 5.16 Å². The molecule has 1 rings (SSSR count). The Morgan fingerprint density at radius 3 is 2.72 bits per heavy atom. The fraction of sp³-hybridized carbons (Fsp3) is 0.778. The van der Waals surface area contributed by atoms with E-state index in [1.807, 2.05) is 0 Å². The number of nitrogens with two attached hydrogens (primary N) is 1. The lowest BCUT2D eigenvalue weighted by molar-refractivity contribution is 0.0655. The Balaban J connectivity index is 0.00000289. The SMILES string of the molecule is COCCN(Cc1noc(CN)n1)CC(F)F.Cl. The zero-order valence-electron chi connectivity index (χ0n) is 10.0. The van der Waals surface area contributed by atoms with E-state index < -0.39 is 6.43 Å². The number of methoxy groups -OCH3 is 1. The molecular weight excluding hydrogens is 270 g/mol. The number of aromatic nitrogens is 2. The first kappa shape index (κ1) is 17.2. The van der Waals surface area contributed by atoms with Crippen LogP contribution in [0.5, 0.6) is 0 Å². The third-order valence-electron chi connectivity index (χ3n) is 2.06. The molecule has 0 spiro atoms. The van der Waals surface area contributed by atoms with E-state index in [2.05, 4.69) is 10.1 Å². The number of rotatable bonds is 8. The van der Waals surface area contributed by atoms with Crippen LogP contribution in [-0.2, 0) is 17.8 Å². The van der Waals surface area contributed by atoms with Crippen molar-refractivity contribution in [2.45, 2.75) is 19.5 Å². The predicted octanol–water partition coefficient (Wildman–Crippen LogP) is 0.664. The minimum absolute atomic E-state index is 0. The minimum atomic E-state index is -2.41. The molecule has 18 heavy (non-hydrogen) atoms. The quantitative estimate of drug-likeness (QED) is 0.757. The number of nitrogens with zero attached hydrogens (tertiary/aromatic N) is 3. The lowest BCUT2D eigenvalue weighted by Gasteiger charge is -2.19. The monoisotopic (exact) mass is 286 g/mol. The standard InChI is InChI=1S/C9H16F2N4O2.ClH/c1-16-3-2-15(5-7(10)11)6-8-13-9(4-12)17-14-8;/h7H,2-6,12H2,1H3;1H. The molecule has 0 aromatic carbocycles. The van der Waals surface area contributed by atoms with Crippen LogP contribution in [0.1, 0.15) is 11.7 Å². The molecule has 0 unspecified atom stereocenters. The summed E-state index contributed by atoms with van der Waals surface area (Å²) >= 11 is 0. The first-order valence-electron chi connectivity index (χ1n) is 5.16. The highest BCUT2D eigenvalue weighted by Gasteiger charge is 2.15. The third-order valence-corrected chi connectivity index (χ3v) is 2.06. The van der Waals surface area contributed by atoms with Crippen LogP contribution in [0.3, 0.4) is 0 Å². The van der Waals surface area contributed by atoms with Crippen LogP contribution < -0.4 is 5.73 Å². The maximum Gasteiger partial charge on any atom is 0.251 e. The molecule has 0 saturated heterocycles. The van der Waals surface area contributed by atoms with Gasteiger partial charge in [0.25, 0.3) is 6.43 Å². The summed E-state index contributed by atoms with van der Waals surface area (Å²) in [7, 11) is 1.52. The van der Waals surface area contributed by atoms with E-state index >= 15 is 0 Å². The van der Waals surface area contributed by atoms with Gasteiger partial charge in [-0.3, -0.25) is 4.90 Å². The first-order valence-corrected chi connectivity index (χ1v) is 5.16. The van der Waals surface area contributed by atoms with E-state index in [1.165, 1.54) is 12.0 Å². The Bertz CT molecular complexity index is 327. The van der Waals surface area contributed by atoms with Crippen molar-refractivity contribution < 1.29 is 18.0 Å². The van der Waals surface area contributed by atoms with Crippen LogP contribution in [0.25, 0.3) is 0 Å². The van der Waals surface area contributed by atoms with Crippen molar-refractivity contribution in [2.24, 2.45) is 5.73 Å². The van der Waals surface area contributed by atoms with Crippen molar-refractivity contribution in [3.05, 3.63) is 11.7 Å². The van der Waals surface area contributed by atoms with E-state index in [0.29, 0.717) is 24.9 Å². The van der Waals surface area contributed by atoms with Crippen LogP contribution in [0, 0.1) is 0 Å². The zero-order chi connectivity index (χ0) is 12.7. The summed E-state index contributed by atoms with van der Waals surface area (Å²) in [4.78, 5) is 5.45. The number of hydrogen-bond donors (Lipinski definition) is 1. The average molecular weight is 287 g/mol. The third kappa shape index (κ3) is 6.20. The number of alkyl halides is 2. The van der Waals surface area contributed by atoms with Gasteiger partial charge >= 0.3 is 0 Å². The average Bonchev–Trinajstić information content (AvgIpc) is 2.73. The van der Waals surface area contributed by atoms with Crippen molar-refractivity contribution >= 4 is 12.4 Å². The van der Waals surface area contributed by atoms with Gasteiger partial charge < -0.3 is 15.0 Å². The van der Waals surface area contributed by atoms with E-state index in [-0.39, 0.29) is 32.0 Å². The van der Waals surface area contributed by atoms with E-state index in [0.717, 1.165) is 0 Å². The number of hydrogen-bond acceptors (Lipinski definition) is 6. The molecule has 1 heterocycles. The molecule has 2 N–H and O–H groups in total. The van der Waals surface area contributed by atoms with Gasteiger partial charge in [0.1, 0.15) is 0 Å². The van der Waals surface area contributed by atoms with Crippen LogP contribution in [0.2, 0.25) is 0 Å². The predicted molar refractivity (Wildman–Crippen MR) is 62.6 cm³/mol. The van der Waals surface area contributed by atoms with Crippen LogP contribution in [-0.4, -0.2) is 48.3 Å². The van der Waals surface area contributed by atoms with Gasteiger partial charge in [0, 0.05) is 13.7 Å². The summed E-state index contributed by atoms with van der Waals surface area (Å²) in [6.07, 6.45) is -2.41. The van der Waals surface area contributed by atoms with E-state index in [1.54, 1.807) is 0 Å². The van der Waals surface area contributed by atoms with Crippen molar-refractivity contribution in [1.29, 1.82) is 0 Å². The summed E-state index contributed by atoms with van der Waals surface area (Å²) < 4.78 is 34.3. The van der Waals surface area contributed by atoms with E-state index in [4.69, 9.17) is 15.0 Å². The Labute approximate surface area is 110 Å². The molecule has 9 heteroatoms. The summed E-state index contributed by atoms with van der Waals surface area (Å²) in [6.45, 7) is 0.731. The van der Waals surface area contributed by atoms with Crippen molar-refractivity contribution in [1.82, 2.24) is 15.0 Å². The van der Waals surface area contributed by atoms with Crippen LogP contribution in [0.4, 0.5) is 8.78 Å². The highest BCUT2D eigenvalue weighted by molar-refractivity contribution is 5.85. The fourth-order valence-electron chi connectivity index (χ4n) is 1.29. The summed E-state index contributed by atoms with van der Waals surface area (Å²) in [6, 6.07) is 0. The second kappa shape index (κ2) is 9.15. The Morgan fingerprint density at radius 1 is 1.50 bits per heavy atom. The molecule has 0 fully saturated rings. The maximum atomic E-state index is 12.3. The van der Waals surface area contributed by atoms with Gasteiger partial charge in [0.05, 0.1) is 26.2 Å². The lowest BCUT2D eigenvalue weighted by Crippen LogP contribution is -2.32. The smallest absolute Gasteiger partial charge is 0.251 e. The fourth-order valence-corrected chi connectivity index (χ4v) is 1.29. The largest absolute Gasteiger partial charge is 0.383 e. The highest BCUT2D eigenvalue weighted by atomic mass is 35.5. The molecule has 0 aliphatic rings. The van der Waals surface area contributed by atoms with Crippen LogP contribution in [0.15, 0.2) is 4.52 Å². The molecule has 1 aromatic heterocycles. The second-order valence-corrected chi connectivity index (χ2v) is 3.43. The van der Waals surface area contributed by atoms with E-state index in [9.17, 15) is 8.78 Å². The Kier molecular flexibility index (Phi) is 8.73.